The van der Waals surface area contributed by atoms with E-state index >= 15 is 0 Å². The van der Waals surface area contributed by atoms with Crippen molar-refractivity contribution >= 4 is 11.8 Å². The van der Waals surface area contributed by atoms with Crippen LogP contribution >= 0.6 is 0 Å². The van der Waals surface area contributed by atoms with Gasteiger partial charge in [-0.05, 0) is 5.56 Å². The van der Waals surface area contributed by atoms with E-state index in [1.54, 1.807) is 0 Å². The molecule has 96 valence electrons. The average Bonchev–Trinajstić information content (AvgIpc) is 2.39. The average molecular weight is 250 g/mol. The van der Waals surface area contributed by atoms with E-state index in [1.165, 1.54) is 7.11 Å². The van der Waals surface area contributed by atoms with Gasteiger partial charge in [0, 0.05) is 7.11 Å². The molecule has 1 aliphatic heterocycles. The molecule has 6 nitrogen and oxygen atoms in total. The number of hydroxylamine groups is 1. The van der Waals surface area contributed by atoms with E-state index in [0.29, 0.717) is 0 Å². The quantitative estimate of drug-likeness (QED) is 0.429. The standard InChI is InChI=1S/C12H14N2O4/c1-17-12(8-13-10(12)15)11(16)14-18-7-9-5-3-2-4-6-9/h2-6H,7-8H2,1H3,(H,13,15)(H,14,16). The molecule has 1 atom stereocenters. The topological polar surface area (TPSA) is 76.7 Å². The highest BCUT2D eigenvalue weighted by atomic mass is 16.7. The van der Waals surface area contributed by atoms with Crippen LogP contribution in [0.4, 0.5) is 0 Å². The summed E-state index contributed by atoms with van der Waals surface area (Å²) in [7, 11) is 1.31. The van der Waals surface area contributed by atoms with Crippen molar-refractivity contribution in [2.45, 2.75) is 12.2 Å². The van der Waals surface area contributed by atoms with Gasteiger partial charge in [-0.3, -0.25) is 14.4 Å². The lowest BCUT2D eigenvalue weighted by molar-refractivity contribution is -0.175. The number of benzene rings is 1. The van der Waals surface area contributed by atoms with E-state index < -0.39 is 17.4 Å². The maximum atomic E-state index is 11.8. The third-order valence-corrected chi connectivity index (χ3v) is 2.83. The lowest BCUT2D eigenvalue weighted by atomic mass is 9.95. The highest BCUT2D eigenvalue weighted by Crippen LogP contribution is 2.17. The fourth-order valence-electron chi connectivity index (χ4n) is 1.60. The van der Waals surface area contributed by atoms with Crippen molar-refractivity contribution in [3.8, 4) is 0 Å². The fraction of sp³-hybridized carbons (Fsp3) is 0.333. The van der Waals surface area contributed by atoms with E-state index in [4.69, 9.17) is 9.57 Å². The molecule has 1 aliphatic rings. The molecular formula is C12H14N2O4. The van der Waals surface area contributed by atoms with Gasteiger partial charge in [-0.25, -0.2) is 5.48 Å². The second-order valence-corrected chi connectivity index (χ2v) is 3.92. The molecule has 0 bridgehead atoms. The third-order valence-electron chi connectivity index (χ3n) is 2.83. The van der Waals surface area contributed by atoms with Gasteiger partial charge in [0.1, 0.15) is 0 Å². The van der Waals surface area contributed by atoms with Crippen LogP contribution in [0.2, 0.25) is 0 Å². The molecule has 6 heteroatoms. The minimum Gasteiger partial charge on any atom is -0.358 e. The maximum absolute atomic E-state index is 11.8. The summed E-state index contributed by atoms with van der Waals surface area (Å²) in [6.45, 7) is 0.386. The van der Waals surface area contributed by atoms with E-state index in [0.717, 1.165) is 5.56 Å². The van der Waals surface area contributed by atoms with Crippen molar-refractivity contribution in [3.05, 3.63) is 35.9 Å². The summed E-state index contributed by atoms with van der Waals surface area (Å²) < 4.78 is 4.95. The van der Waals surface area contributed by atoms with Gasteiger partial charge >= 0.3 is 0 Å². The number of carbonyl (C=O) groups excluding carboxylic acids is 2. The SMILES string of the molecule is COC1(C(=O)NOCc2ccccc2)CNC1=O. The lowest BCUT2D eigenvalue weighted by Gasteiger charge is -2.36. The molecule has 1 saturated heterocycles. The molecule has 1 unspecified atom stereocenters. The summed E-state index contributed by atoms with van der Waals surface area (Å²) in [5.41, 5.74) is 1.70. The molecule has 0 saturated carbocycles. The molecule has 1 aromatic carbocycles. The summed E-state index contributed by atoms with van der Waals surface area (Å²) in [5, 5.41) is 2.46. The molecule has 1 aromatic rings. The minimum absolute atomic E-state index is 0.156. The van der Waals surface area contributed by atoms with Crippen molar-refractivity contribution in [3.63, 3.8) is 0 Å². The van der Waals surface area contributed by atoms with Crippen LogP contribution in [0.3, 0.4) is 0 Å². The predicted molar refractivity (Wildman–Crippen MR) is 62.1 cm³/mol. The van der Waals surface area contributed by atoms with E-state index in [1.807, 2.05) is 30.3 Å². The Balaban J connectivity index is 1.84. The Bertz CT molecular complexity index is 445. The molecule has 18 heavy (non-hydrogen) atoms. The summed E-state index contributed by atoms with van der Waals surface area (Å²) in [4.78, 5) is 28.1. The first kappa shape index (κ1) is 12.5. The van der Waals surface area contributed by atoms with Gasteiger partial charge < -0.3 is 10.1 Å². The van der Waals surface area contributed by atoms with Crippen LogP contribution in [0.1, 0.15) is 5.56 Å². The summed E-state index contributed by atoms with van der Waals surface area (Å²) in [6.07, 6.45) is 0. The van der Waals surface area contributed by atoms with E-state index in [2.05, 4.69) is 10.8 Å². The molecule has 2 rings (SSSR count). The predicted octanol–water partition coefficient (Wildman–Crippen LogP) is -0.251. The lowest BCUT2D eigenvalue weighted by Crippen LogP contribution is -2.72. The normalized spacial score (nSPS) is 21.9. The number of nitrogens with one attached hydrogen (secondary N) is 2. The number of ether oxygens (including phenoxy) is 1. The Kier molecular flexibility index (Phi) is 3.59. The van der Waals surface area contributed by atoms with Gasteiger partial charge in [-0.15, -0.1) is 0 Å². The minimum atomic E-state index is -1.45. The summed E-state index contributed by atoms with van der Waals surface area (Å²) in [6, 6.07) is 9.37. The van der Waals surface area contributed by atoms with Crippen molar-refractivity contribution in [2.24, 2.45) is 0 Å². The third kappa shape index (κ3) is 2.20. The zero-order valence-electron chi connectivity index (χ0n) is 9.93. The van der Waals surface area contributed by atoms with Crippen molar-refractivity contribution < 1.29 is 19.2 Å². The Morgan fingerprint density at radius 2 is 2.17 bits per heavy atom. The Morgan fingerprint density at radius 3 is 2.67 bits per heavy atom. The van der Waals surface area contributed by atoms with Crippen LogP contribution in [0.15, 0.2) is 30.3 Å². The maximum Gasteiger partial charge on any atom is 0.287 e. The van der Waals surface area contributed by atoms with Gasteiger partial charge in [0.15, 0.2) is 0 Å². The second-order valence-electron chi connectivity index (χ2n) is 3.92. The number of methoxy groups -OCH3 is 1. The Labute approximate surface area is 104 Å². The molecular weight excluding hydrogens is 236 g/mol. The zero-order valence-corrected chi connectivity index (χ0v) is 9.93. The first-order valence-electron chi connectivity index (χ1n) is 5.48. The largest absolute Gasteiger partial charge is 0.358 e. The van der Waals surface area contributed by atoms with E-state index in [9.17, 15) is 9.59 Å². The molecule has 0 aliphatic carbocycles. The van der Waals surface area contributed by atoms with Gasteiger partial charge in [-0.2, -0.15) is 0 Å². The molecule has 0 spiro atoms. The summed E-state index contributed by atoms with van der Waals surface area (Å²) in [5.74, 6) is -1.05. The first-order valence-corrected chi connectivity index (χ1v) is 5.48. The van der Waals surface area contributed by atoms with Crippen LogP contribution in [0.5, 0.6) is 0 Å². The van der Waals surface area contributed by atoms with Crippen LogP contribution < -0.4 is 10.8 Å². The van der Waals surface area contributed by atoms with Crippen molar-refractivity contribution in [2.75, 3.05) is 13.7 Å². The first-order chi connectivity index (χ1) is 8.69. The molecule has 1 fully saturated rings. The molecule has 2 amide bonds. The summed E-state index contributed by atoms with van der Waals surface area (Å²) >= 11 is 0. The van der Waals surface area contributed by atoms with Gasteiger partial charge in [0.2, 0.25) is 5.60 Å². The Morgan fingerprint density at radius 1 is 1.44 bits per heavy atom. The number of β-lactam (4-membered cyclic amide) rings is 1. The van der Waals surface area contributed by atoms with Crippen LogP contribution in [0, 0.1) is 0 Å². The molecule has 1 heterocycles. The van der Waals surface area contributed by atoms with Gasteiger partial charge in [0.25, 0.3) is 11.8 Å². The van der Waals surface area contributed by atoms with Crippen LogP contribution in [-0.4, -0.2) is 31.1 Å². The number of hydrogen-bond acceptors (Lipinski definition) is 4. The molecule has 0 aromatic heterocycles. The number of carbonyl (C=O) groups is 2. The molecule has 2 N–H and O–H groups in total. The highest BCUT2D eigenvalue weighted by Gasteiger charge is 2.54. The van der Waals surface area contributed by atoms with Crippen LogP contribution in [-0.2, 0) is 25.8 Å². The monoisotopic (exact) mass is 250 g/mol. The van der Waals surface area contributed by atoms with Crippen molar-refractivity contribution in [1.82, 2.24) is 10.8 Å². The van der Waals surface area contributed by atoms with Gasteiger partial charge in [-0.1, -0.05) is 30.3 Å². The van der Waals surface area contributed by atoms with Crippen molar-refractivity contribution in [1.29, 1.82) is 0 Å². The fourth-order valence-corrected chi connectivity index (χ4v) is 1.60. The second kappa shape index (κ2) is 5.16. The molecule has 0 radical (unpaired) electrons. The Hall–Kier alpha value is -1.92. The number of rotatable bonds is 5. The van der Waals surface area contributed by atoms with Gasteiger partial charge in [0.05, 0.1) is 13.2 Å². The number of hydrogen-bond donors (Lipinski definition) is 2. The number of amides is 2. The van der Waals surface area contributed by atoms with E-state index in [-0.39, 0.29) is 13.2 Å². The highest BCUT2D eigenvalue weighted by molar-refractivity contribution is 6.12. The smallest absolute Gasteiger partial charge is 0.287 e. The van der Waals surface area contributed by atoms with Crippen LogP contribution in [0.25, 0.3) is 0 Å². The zero-order chi connectivity index (χ0) is 13.0.